The highest BCUT2D eigenvalue weighted by Gasteiger charge is 2.32. The number of piperidine rings is 1. The van der Waals surface area contributed by atoms with E-state index in [4.69, 9.17) is 4.74 Å². The minimum atomic E-state index is -0.102. The molecule has 0 bridgehead atoms. The Labute approximate surface area is 120 Å². The van der Waals surface area contributed by atoms with Gasteiger partial charge in [0.15, 0.2) is 0 Å². The molecule has 0 amide bonds. The molecule has 2 N–H and O–H groups in total. The van der Waals surface area contributed by atoms with Gasteiger partial charge in [-0.1, -0.05) is 30.3 Å². The highest BCUT2D eigenvalue weighted by molar-refractivity contribution is 5.73. The van der Waals surface area contributed by atoms with Crippen LogP contribution >= 0.6 is 0 Å². The van der Waals surface area contributed by atoms with Crippen LogP contribution in [0.4, 0.5) is 0 Å². The summed E-state index contributed by atoms with van der Waals surface area (Å²) in [5.41, 5.74) is 1.24. The molecule has 1 aromatic carbocycles. The van der Waals surface area contributed by atoms with E-state index < -0.39 is 0 Å². The lowest BCUT2D eigenvalue weighted by Gasteiger charge is -2.33. The lowest BCUT2D eigenvalue weighted by Crippen LogP contribution is -2.51. The van der Waals surface area contributed by atoms with Gasteiger partial charge in [-0.2, -0.15) is 0 Å². The van der Waals surface area contributed by atoms with Crippen LogP contribution in [-0.2, 0) is 9.53 Å². The van der Waals surface area contributed by atoms with Crippen LogP contribution in [0, 0.1) is 5.92 Å². The van der Waals surface area contributed by atoms with Gasteiger partial charge in [0.2, 0.25) is 0 Å². The van der Waals surface area contributed by atoms with E-state index in [9.17, 15) is 4.79 Å². The van der Waals surface area contributed by atoms with Crippen LogP contribution in [0.3, 0.4) is 0 Å². The summed E-state index contributed by atoms with van der Waals surface area (Å²) in [7, 11) is 0. The highest BCUT2D eigenvalue weighted by Crippen LogP contribution is 2.19. The number of rotatable bonds is 5. The number of nitrogens with one attached hydrogen (secondary N) is 2. The molecule has 1 aliphatic rings. The average Bonchev–Trinajstić information content (AvgIpc) is 2.49. The van der Waals surface area contributed by atoms with Crippen LogP contribution < -0.4 is 10.6 Å². The average molecular weight is 276 g/mol. The van der Waals surface area contributed by atoms with E-state index in [1.165, 1.54) is 5.56 Å². The Morgan fingerprint density at radius 2 is 2.20 bits per heavy atom. The fourth-order valence-electron chi connectivity index (χ4n) is 2.71. The Bertz CT molecular complexity index is 422. The summed E-state index contributed by atoms with van der Waals surface area (Å²) in [4.78, 5) is 12.0. The van der Waals surface area contributed by atoms with E-state index >= 15 is 0 Å². The molecule has 1 aliphatic heterocycles. The quantitative estimate of drug-likeness (QED) is 0.806. The molecular formula is C16H24N2O2. The minimum Gasteiger partial charge on any atom is -0.466 e. The van der Waals surface area contributed by atoms with Gasteiger partial charge in [-0.3, -0.25) is 4.79 Å². The van der Waals surface area contributed by atoms with Crippen LogP contribution in [0.15, 0.2) is 30.3 Å². The molecule has 0 radical (unpaired) electrons. The third-order valence-corrected chi connectivity index (χ3v) is 3.84. The summed E-state index contributed by atoms with van der Waals surface area (Å²) in [6.07, 6.45) is 0.945. The van der Waals surface area contributed by atoms with E-state index in [2.05, 4.69) is 29.7 Å². The van der Waals surface area contributed by atoms with Crippen LogP contribution in [0.5, 0.6) is 0 Å². The molecule has 1 saturated heterocycles. The van der Waals surface area contributed by atoms with Gasteiger partial charge in [0, 0.05) is 18.6 Å². The maximum atomic E-state index is 12.0. The van der Waals surface area contributed by atoms with Crippen molar-refractivity contribution in [2.45, 2.75) is 32.4 Å². The second-order valence-electron chi connectivity index (χ2n) is 5.26. The second-order valence-corrected chi connectivity index (χ2v) is 5.26. The van der Waals surface area contributed by atoms with E-state index in [0.717, 1.165) is 13.0 Å². The smallest absolute Gasteiger partial charge is 0.311 e. The molecule has 1 heterocycles. The molecule has 0 aromatic heterocycles. The molecule has 0 spiro atoms. The highest BCUT2D eigenvalue weighted by atomic mass is 16.5. The third kappa shape index (κ3) is 3.81. The lowest BCUT2D eigenvalue weighted by atomic mass is 9.92. The maximum absolute atomic E-state index is 12.0. The van der Waals surface area contributed by atoms with Crippen LogP contribution in [-0.4, -0.2) is 31.7 Å². The van der Waals surface area contributed by atoms with Gasteiger partial charge in [-0.05, 0) is 32.4 Å². The van der Waals surface area contributed by atoms with Crippen molar-refractivity contribution >= 4 is 5.97 Å². The van der Waals surface area contributed by atoms with Gasteiger partial charge in [0.05, 0.1) is 12.5 Å². The molecule has 0 saturated carbocycles. The summed E-state index contributed by atoms with van der Waals surface area (Å²) in [5, 5.41) is 6.86. The Hall–Kier alpha value is -1.39. The van der Waals surface area contributed by atoms with Crippen molar-refractivity contribution in [3.63, 3.8) is 0 Å². The van der Waals surface area contributed by atoms with Crippen molar-refractivity contribution in [3.8, 4) is 0 Å². The molecule has 3 atom stereocenters. The fourth-order valence-corrected chi connectivity index (χ4v) is 2.71. The first-order chi connectivity index (χ1) is 9.72. The van der Waals surface area contributed by atoms with Crippen LogP contribution in [0.25, 0.3) is 0 Å². The normalized spacial score (nSPS) is 24.1. The Morgan fingerprint density at radius 1 is 1.45 bits per heavy atom. The Morgan fingerprint density at radius 3 is 2.90 bits per heavy atom. The molecule has 1 aromatic rings. The van der Waals surface area contributed by atoms with Gasteiger partial charge in [0.1, 0.15) is 0 Å². The Balaban J connectivity index is 2.00. The summed E-state index contributed by atoms with van der Waals surface area (Å²) in [6, 6.07) is 10.7. The largest absolute Gasteiger partial charge is 0.466 e. The summed E-state index contributed by atoms with van der Waals surface area (Å²) < 4.78 is 5.18. The number of hydrogen-bond acceptors (Lipinski definition) is 4. The lowest BCUT2D eigenvalue weighted by molar-refractivity contribution is -0.149. The number of carbonyl (C=O) groups is 1. The fraction of sp³-hybridized carbons (Fsp3) is 0.562. The molecule has 4 nitrogen and oxygen atoms in total. The van der Waals surface area contributed by atoms with E-state index in [1.807, 2.05) is 25.1 Å². The molecule has 0 aliphatic carbocycles. The van der Waals surface area contributed by atoms with Gasteiger partial charge >= 0.3 is 5.97 Å². The second kappa shape index (κ2) is 7.41. The van der Waals surface area contributed by atoms with Gasteiger partial charge < -0.3 is 15.4 Å². The van der Waals surface area contributed by atoms with Crippen molar-refractivity contribution in [1.29, 1.82) is 0 Å². The zero-order chi connectivity index (χ0) is 14.4. The number of carbonyl (C=O) groups excluding carboxylic acids is 1. The van der Waals surface area contributed by atoms with Crippen LogP contribution in [0.2, 0.25) is 0 Å². The predicted octanol–water partition coefficient (Wildman–Crippen LogP) is 1.88. The zero-order valence-electron chi connectivity index (χ0n) is 12.3. The van der Waals surface area contributed by atoms with Crippen molar-refractivity contribution in [3.05, 3.63) is 35.9 Å². The number of benzene rings is 1. The van der Waals surface area contributed by atoms with Crippen molar-refractivity contribution < 1.29 is 9.53 Å². The molecule has 2 rings (SSSR count). The van der Waals surface area contributed by atoms with Gasteiger partial charge in [-0.15, -0.1) is 0 Å². The molecule has 0 unspecified atom stereocenters. The molecule has 110 valence electrons. The SMILES string of the molecule is CCOC(=O)[C@H]1CNCC[C@H]1N[C@H](C)c1ccccc1. The first kappa shape index (κ1) is 15.0. The zero-order valence-corrected chi connectivity index (χ0v) is 12.3. The molecule has 20 heavy (non-hydrogen) atoms. The topological polar surface area (TPSA) is 50.4 Å². The standard InChI is InChI=1S/C16H24N2O2/c1-3-20-16(19)14-11-17-10-9-15(14)18-12(2)13-7-5-4-6-8-13/h4-8,12,14-15,17-18H,3,9-11H2,1-2H3/t12-,14+,15-/m1/s1. The minimum absolute atomic E-state index is 0.0996. The van der Waals surface area contributed by atoms with Crippen molar-refractivity contribution in [2.24, 2.45) is 5.92 Å². The number of esters is 1. The first-order valence-corrected chi connectivity index (χ1v) is 7.40. The summed E-state index contributed by atoms with van der Waals surface area (Å²) >= 11 is 0. The van der Waals surface area contributed by atoms with E-state index in [0.29, 0.717) is 13.2 Å². The predicted molar refractivity (Wildman–Crippen MR) is 79.4 cm³/mol. The van der Waals surface area contributed by atoms with Gasteiger partial charge in [-0.25, -0.2) is 0 Å². The third-order valence-electron chi connectivity index (χ3n) is 3.84. The van der Waals surface area contributed by atoms with Gasteiger partial charge in [0.25, 0.3) is 0 Å². The maximum Gasteiger partial charge on any atom is 0.311 e. The van der Waals surface area contributed by atoms with E-state index in [1.54, 1.807) is 0 Å². The monoisotopic (exact) mass is 276 g/mol. The van der Waals surface area contributed by atoms with Crippen molar-refractivity contribution in [2.75, 3.05) is 19.7 Å². The summed E-state index contributed by atoms with van der Waals surface area (Å²) in [5.74, 6) is -0.202. The molecule has 1 fully saturated rings. The van der Waals surface area contributed by atoms with Crippen molar-refractivity contribution in [1.82, 2.24) is 10.6 Å². The molecular weight excluding hydrogens is 252 g/mol. The molecule has 4 heteroatoms. The van der Waals surface area contributed by atoms with Crippen LogP contribution in [0.1, 0.15) is 31.9 Å². The van der Waals surface area contributed by atoms with E-state index in [-0.39, 0.29) is 24.0 Å². The number of ether oxygens (including phenoxy) is 1. The summed E-state index contributed by atoms with van der Waals surface area (Å²) in [6.45, 7) is 6.06. The number of hydrogen-bond donors (Lipinski definition) is 2. The first-order valence-electron chi connectivity index (χ1n) is 7.40. The Kier molecular flexibility index (Phi) is 5.56.